The molecule has 1 aromatic rings. The van der Waals surface area contributed by atoms with E-state index in [0.29, 0.717) is 0 Å². The third-order valence-electron chi connectivity index (χ3n) is 0.556. The van der Waals surface area contributed by atoms with Gasteiger partial charge in [-0.1, -0.05) is 0 Å². The van der Waals surface area contributed by atoms with E-state index in [1.807, 2.05) is 30.3 Å². The summed E-state index contributed by atoms with van der Waals surface area (Å²) in [5.74, 6) is 0. The zero-order valence-corrected chi connectivity index (χ0v) is 8.27. The van der Waals surface area contributed by atoms with Gasteiger partial charge in [-0.15, -0.1) is 0 Å². The molecule has 0 aliphatic heterocycles. The number of rotatable bonds is 0. The maximum Gasteiger partial charge on any atom is 2.00 e. The van der Waals surface area contributed by atoms with Crippen molar-refractivity contribution in [3.05, 3.63) is 37.3 Å². The third kappa shape index (κ3) is 5.97. The van der Waals surface area contributed by atoms with Crippen LogP contribution in [0, 0.1) is 6.92 Å². The smallest absolute Gasteiger partial charge is 0.346 e. The minimum Gasteiger partial charge on any atom is -0.346 e. The summed E-state index contributed by atoms with van der Waals surface area (Å²) in [5, 5.41) is 0. The van der Waals surface area contributed by atoms with E-state index in [0.717, 1.165) is 0 Å². The van der Waals surface area contributed by atoms with E-state index in [9.17, 15) is 0 Å². The summed E-state index contributed by atoms with van der Waals surface area (Å²) in [6.45, 7) is 5.00. The standard InChI is InChI=1S/C5H5.C2H5.Zn/c1-2-4-5-3-1;1-2;/h1-5H;1H2,2H3;/q2*-1;+2. The normalized spacial score (nSPS) is 5.75. The molecule has 0 fully saturated rings. The van der Waals surface area contributed by atoms with Gasteiger partial charge in [0.1, 0.15) is 0 Å². The van der Waals surface area contributed by atoms with E-state index in [-0.39, 0.29) is 19.5 Å². The molecule has 0 spiro atoms. The molecule has 0 aliphatic rings. The molecule has 0 bridgehead atoms. The van der Waals surface area contributed by atoms with Crippen LogP contribution in [0.3, 0.4) is 0 Å². The largest absolute Gasteiger partial charge is 2.00 e. The first-order chi connectivity index (χ1) is 3.50. The van der Waals surface area contributed by atoms with Crippen LogP contribution in [0.25, 0.3) is 0 Å². The molecule has 40 valence electrons. The fourth-order valence-electron chi connectivity index (χ4n) is 0.321. The van der Waals surface area contributed by atoms with Crippen molar-refractivity contribution >= 4 is 0 Å². The predicted molar refractivity (Wildman–Crippen MR) is 33.1 cm³/mol. The van der Waals surface area contributed by atoms with Crippen molar-refractivity contribution in [2.75, 3.05) is 0 Å². The molecular formula is C7H10Zn. The fraction of sp³-hybridized carbons (Fsp3) is 0.143. The summed E-state index contributed by atoms with van der Waals surface area (Å²) >= 11 is 0. The minimum atomic E-state index is 0. The second-order valence-corrected chi connectivity index (χ2v) is 0.962. The predicted octanol–water partition coefficient (Wildman–Crippen LogP) is 2.24. The SMILES string of the molecule is [CH2-]C.[Zn+2].c1cc[cH-]c1. The van der Waals surface area contributed by atoms with Gasteiger partial charge in [-0.05, 0) is 0 Å². The van der Waals surface area contributed by atoms with E-state index in [1.54, 1.807) is 6.92 Å². The molecule has 8 heavy (non-hydrogen) atoms. The van der Waals surface area contributed by atoms with Crippen LogP contribution in [-0.4, -0.2) is 0 Å². The van der Waals surface area contributed by atoms with E-state index in [2.05, 4.69) is 6.92 Å². The van der Waals surface area contributed by atoms with Crippen molar-refractivity contribution in [2.45, 2.75) is 6.92 Å². The topological polar surface area (TPSA) is 0 Å². The van der Waals surface area contributed by atoms with Crippen LogP contribution in [-0.2, 0) is 19.5 Å². The molecule has 0 atom stereocenters. The van der Waals surface area contributed by atoms with Crippen LogP contribution in [0.5, 0.6) is 0 Å². The first-order valence-electron chi connectivity index (χ1n) is 2.37. The zero-order valence-electron chi connectivity index (χ0n) is 5.30. The summed E-state index contributed by atoms with van der Waals surface area (Å²) in [7, 11) is 0. The molecule has 0 amide bonds. The Labute approximate surface area is 64.0 Å². The van der Waals surface area contributed by atoms with Gasteiger partial charge in [0.25, 0.3) is 0 Å². The fourth-order valence-corrected chi connectivity index (χ4v) is 0.321. The average Bonchev–Trinajstić information content (AvgIpc) is 2.23. The van der Waals surface area contributed by atoms with Crippen LogP contribution < -0.4 is 0 Å². The number of hydrogen-bond donors (Lipinski definition) is 0. The van der Waals surface area contributed by atoms with Gasteiger partial charge >= 0.3 is 19.5 Å². The maximum atomic E-state index is 3.25. The first-order valence-corrected chi connectivity index (χ1v) is 2.37. The molecule has 0 N–H and O–H groups in total. The molecule has 0 radical (unpaired) electrons. The first kappa shape index (κ1) is 10.9. The molecular weight excluding hydrogens is 149 g/mol. The summed E-state index contributed by atoms with van der Waals surface area (Å²) in [5.41, 5.74) is 0. The molecule has 0 nitrogen and oxygen atoms in total. The third-order valence-corrected chi connectivity index (χ3v) is 0.556. The molecule has 1 heteroatoms. The van der Waals surface area contributed by atoms with Gasteiger partial charge in [-0.3, -0.25) is 0 Å². The Morgan fingerprint density at radius 3 is 1.62 bits per heavy atom. The molecule has 0 unspecified atom stereocenters. The van der Waals surface area contributed by atoms with Crippen LogP contribution in [0.15, 0.2) is 30.3 Å². The van der Waals surface area contributed by atoms with Crippen molar-refractivity contribution in [3.8, 4) is 0 Å². The second-order valence-electron chi connectivity index (χ2n) is 0.962. The summed E-state index contributed by atoms with van der Waals surface area (Å²) in [4.78, 5) is 0. The van der Waals surface area contributed by atoms with E-state index in [4.69, 9.17) is 0 Å². The van der Waals surface area contributed by atoms with E-state index in [1.165, 1.54) is 0 Å². The zero-order chi connectivity index (χ0) is 5.54. The quantitative estimate of drug-likeness (QED) is 0.402. The maximum absolute atomic E-state index is 3.25. The Morgan fingerprint density at radius 1 is 1.12 bits per heavy atom. The van der Waals surface area contributed by atoms with Crippen LogP contribution in [0.4, 0.5) is 0 Å². The van der Waals surface area contributed by atoms with Crippen LogP contribution in [0.2, 0.25) is 0 Å². The van der Waals surface area contributed by atoms with Gasteiger partial charge in [0.15, 0.2) is 0 Å². The number of hydrogen-bond acceptors (Lipinski definition) is 0. The minimum absolute atomic E-state index is 0. The Kier molecular flexibility index (Phi) is 13.7. The van der Waals surface area contributed by atoms with Gasteiger partial charge in [-0.2, -0.15) is 25.1 Å². The molecule has 0 saturated carbocycles. The van der Waals surface area contributed by atoms with Gasteiger partial charge in [0.2, 0.25) is 0 Å². The van der Waals surface area contributed by atoms with Gasteiger partial charge in [0.05, 0.1) is 0 Å². The molecule has 0 saturated heterocycles. The van der Waals surface area contributed by atoms with Crippen molar-refractivity contribution < 1.29 is 19.5 Å². The van der Waals surface area contributed by atoms with Crippen LogP contribution in [0.1, 0.15) is 6.92 Å². The summed E-state index contributed by atoms with van der Waals surface area (Å²) in [6.07, 6.45) is 0. The van der Waals surface area contributed by atoms with E-state index < -0.39 is 0 Å². The van der Waals surface area contributed by atoms with Gasteiger partial charge in [0, 0.05) is 0 Å². The van der Waals surface area contributed by atoms with Crippen molar-refractivity contribution in [2.24, 2.45) is 0 Å². The monoisotopic (exact) mass is 158 g/mol. The Bertz CT molecular complexity index is 60.9. The van der Waals surface area contributed by atoms with Crippen molar-refractivity contribution in [1.29, 1.82) is 0 Å². The Balaban J connectivity index is 0. The Morgan fingerprint density at radius 2 is 1.50 bits per heavy atom. The van der Waals surface area contributed by atoms with Crippen molar-refractivity contribution in [1.82, 2.24) is 0 Å². The average molecular weight is 160 g/mol. The summed E-state index contributed by atoms with van der Waals surface area (Å²) < 4.78 is 0. The molecule has 1 rings (SSSR count). The second kappa shape index (κ2) is 10.1. The Hall–Kier alpha value is -0.0266. The molecule has 0 aromatic heterocycles. The summed E-state index contributed by atoms with van der Waals surface area (Å²) in [6, 6.07) is 10.0. The van der Waals surface area contributed by atoms with Gasteiger partial charge < -0.3 is 6.92 Å². The van der Waals surface area contributed by atoms with Gasteiger partial charge in [-0.25, -0.2) is 12.1 Å². The molecule has 0 aliphatic carbocycles. The molecule has 0 heterocycles. The van der Waals surface area contributed by atoms with Crippen molar-refractivity contribution in [3.63, 3.8) is 0 Å². The molecule has 1 aromatic carbocycles. The van der Waals surface area contributed by atoms with Crippen LogP contribution >= 0.6 is 0 Å². The van der Waals surface area contributed by atoms with E-state index >= 15 is 0 Å².